The molecule has 0 nitrogen and oxygen atoms in total. The summed E-state index contributed by atoms with van der Waals surface area (Å²) in [5, 5.41) is 0. The first kappa shape index (κ1) is 23.3. The molecular formula is C30H32I-. The van der Waals surface area contributed by atoms with Gasteiger partial charge in [0.2, 0.25) is 0 Å². The Hall–Kier alpha value is -2.39. The molecule has 0 saturated heterocycles. The fraction of sp³-hybridized carbons (Fsp3) is 0.200. The summed E-state index contributed by atoms with van der Waals surface area (Å²) in [6, 6.07) is 31.1. The first-order chi connectivity index (χ1) is 14.8. The van der Waals surface area contributed by atoms with Crippen molar-refractivity contribution < 1.29 is 21.2 Å². The van der Waals surface area contributed by atoms with Crippen molar-refractivity contribution in [2.45, 2.75) is 41.5 Å². The van der Waals surface area contributed by atoms with Crippen molar-refractivity contribution in [2.24, 2.45) is 0 Å². The van der Waals surface area contributed by atoms with E-state index >= 15 is 0 Å². The summed E-state index contributed by atoms with van der Waals surface area (Å²) in [4.78, 5) is 0. The first-order valence-corrected chi connectivity index (χ1v) is 12.9. The molecule has 160 valence electrons. The van der Waals surface area contributed by atoms with Crippen molar-refractivity contribution in [3.05, 3.63) is 125 Å². The van der Waals surface area contributed by atoms with E-state index in [2.05, 4.69) is 126 Å². The summed E-state index contributed by atoms with van der Waals surface area (Å²) in [6.07, 6.45) is 0. The summed E-state index contributed by atoms with van der Waals surface area (Å²) in [5.41, 5.74) is 10.7. The maximum atomic E-state index is 2.26. The molecule has 0 aliphatic carbocycles. The number of aryl methyl sites for hydroxylation is 6. The van der Waals surface area contributed by atoms with Crippen molar-refractivity contribution in [3.8, 4) is 11.1 Å². The van der Waals surface area contributed by atoms with Gasteiger partial charge in [0.05, 0.1) is 0 Å². The van der Waals surface area contributed by atoms with E-state index in [0.29, 0.717) is 0 Å². The van der Waals surface area contributed by atoms with E-state index in [-0.39, 0.29) is 21.2 Å². The third-order valence-electron chi connectivity index (χ3n) is 5.59. The van der Waals surface area contributed by atoms with Gasteiger partial charge in [-0.2, -0.15) is 0 Å². The zero-order valence-corrected chi connectivity index (χ0v) is 21.6. The van der Waals surface area contributed by atoms with Crippen LogP contribution in [0.25, 0.3) is 11.1 Å². The van der Waals surface area contributed by atoms with Crippen LogP contribution < -0.4 is 21.2 Å². The number of halogens is 1. The van der Waals surface area contributed by atoms with Crippen LogP contribution in [-0.2, 0) is 0 Å². The zero-order valence-electron chi connectivity index (χ0n) is 19.5. The average molecular weight is 519 g/mol. The molecule has 0 bridgehead atoms. The molecule has 0 aromatic heterocycles. The molecule has 0 fully saturated rings. The van der Waals surface area contributed by atoms with E-state index in [1.54, 1.807) is 0 Å². The van der Waals surface area contributed by atoms with Crippen molar-refractivity contribution in [2.75, 3.05) is 0 Å². The summed E-state index contributed by atoms with van der Waals surface area (Å²) < 4.78 is 2.98. The van der Waals surface area contributed by atoms with E-state index in [1.807, 2.05) is 0 Å². The number of hydrogen-bond acceptors (Lipinski definition) is 0. The van der Waals surface area contributed by atoms with E-state index in [1.165, 1.54) is 51.6 Å². The molecule has 4 rings (SSSR count). The van der Waals surface area contributed by atoms with Gasteiger partial charge in [-0.3, -0.25) is 0 Å². The molecule has 0 N–H and O–H groups in total. The van der Waals surface area contributed by atoms with E-state index in [4.69, 9.17) is 0 Å². The van der Waals surface area contributed by atoms with Crippen LogP contribution in [0.4, 0.5) is 0 Å². The SMILES string of the molecule is Cc1ccc(-c2ccc(C)c(C)c2)cc1C.Cc1ccc([I-]c2ccc(C)cc2)cc1. The molecule has 0 amide bonds. The Bertz CT molecular complexity index is 1040. The van der Waals surface area contributed by atoms with Crippen LogP contribution >= 0.6 is 0 Å². The fourth-order valence-corrected chi connectivity index (χ4v) is 5.32. The van der Waals surface area contributed by atoms with Crippen molar-refractivity contribution in [1.29, 1.82) is 0 Å². The van der Waals surface area contributed by atoms with Crippen molar-refractivity contribution in [3.63, 3.8) is 0 Å². The first-order valence-electron chi connectivity index (χ1n) is 10.7. The van der Waals surface area contributed by atoms with Gasteiger partial charge in [-0.25, -0.2) is 0 Å². The van der Waals surface area contributed by atoms with Crippen LogP contribution in [0.5, 0.6) is 0 Å². The van der Waals surface area contributed by atoms with Gasteiger partial charge in [-0.05, 0) is 61.1 Å². The summed E-state index contributed by atoms with van der Waals surface area (Å²) in [6.45, 7) is 12.9. The molecule has 0 spiro atoms. The van der Waals surface area contributed by atoms with Gasteiger partial charge in [-0.15, -0.1) is 0 Å². The van der Waals surface area contributed by atoms with Gasteiger partial charge in [0, 0.05) is 0 Å². The Morgan fingerprint density at radius 2 is 0.742 bits per heavy atom. The van der Waals surface area contributed by atoms with Crippen LogP contribution in [-0.4, -0.2) is 0 Å². The van der Waals surface area contributed by atoms with Gasteiger partial charge >= 0.3 is 102 Å². The minimum absolute atomic E-state index is 0.00313. The van der Waals surface area contributed by atoms with Crippen LogP contribution in [0, 0.1) is 48.7 Å². The second-order valence-corrected chi connectivity index (χ2v) is 11.3. The molecule has 4 aromatic carbocycles. The average Bonchev–Trinajstić information content (AvgIpc) is 2.76. The summed E-state index contributed by atoms with van der Waals surface area (Å²) >= 11 is 0.00313. The Kier molecular flexibility index (Phi) is 8.09. The maximum absolute atomic E-state index is 2.26. The molecule has 4 aromatic rings. The predicted molar refractivity (Wildman–Crippen MR) is 131 cm³/mol. The number of rotatable bonds is 3. The number of benzene rings is 4. The zero-order chi connectivity index (χ0) is 22.4. The molecular weight excluding hydrogens is 487 g/mol. The minimum atomic E-state index is 0.00313. The monoisotopic (exact) mass is 519 g/mol. The second-order valence-electron chi connectivity index (χ2n) is 8.28. The van der Waals surface area contributed by atoms with Crippen LogP contribution in [0.15, 0.2) is 84.9 Å². The molecule has 0 aliphatic heterocycles. The molecule has 0 aliphatic rings. The Balaban J connectivity index is 0.000000176. The quantitative estimate of drug-likeness (QED) is 0.334. The number of hydrogen-bond donors (Lipinski definition) is 0. The molecule has 0 unspecified atom stereocenters. The van der Waals surface area contributed by atoms with Crippen LogP contribution in [0.3, 0.4) is 0 Å². The van der Waals surface area contributed by atoms with Crippen molar-refractivity contribution in [1.82, 2.24) is 0 Å². The summed E-state index contributed by atoms with van der Waals surface area (Å²) in [5.74, 6) is 0. The third kappa shape index (κ3) is 6.80. The standard InChI is InChI=1S/C16H18.C14H14I/c1-11-5-7-15(9-13(11)3)16-8-6-12(2)14(4)10-16;1-11-3-7-13(8-4-11)15-14-9-5-12(2)6-10-14/h5-10H,1-4H3;3-10H,1-2H3/q;-1. The third-order valence-corrected chi connectivity index (χ3v) is 8.27. The Morgan fingerprint density at radius 3 is 1.06 bits per heavy atom. The van der Waals surface area contributed by atoms with Gasteiger partial charge in [0.25, 0.3) is 0 Å². The van der Waals surface area contributed by atoms with Gasteiger partial charge in [0.1, 0.15) is 0 Å². The summed E-state index contributed by atoms with van der Waals surface area (Å²) in [7, 11) is 0. The molecule has 0 atom stereocenters. The topological polar surface area (TPSA) is 0 Å². The van der Waals surface area contributed by atoms with Gasteiger partial charge in [0.15, 0.2) is 0 Å². The van der Waals surface area contributed by atoms with Gasteiger partial charge < -0.3 is 0 Å². The Labute approximate surface area is 198 Å². The predicted octanol–water partition coefficient (Wildman–Crippen LogP) is 5.02. The fourth-order valence-electron chi connectivity index (χ4n) is 3.16. The van der Waals surface area contributed by atoms with E-state index in [9.17, 15) is 0 Å². The molecule has 0 heterocycles. The molecule has 0 saturated carbocycles. The van der Waals surface area contributed by atoms with Gasteiger partial charge in [-0.1, -0.05) is 36.4 Å². The van der Waals surface area contributed by atoms with Crippen molar-refractivity contribution >= 4 is 0 Å². The molecule has 1 heteroatoms. The van der Waals surface area contributed by atoms with E-state index < -0.39 is 0 Å². The molecule has 31 heavy (non-hydrogen) atoms. The Morgan fingerprint density at radius 1 is 0.387 bits per heavy atom. The normalized spacial score (nSPS) is 10.5. The van der Waals surface area contributed by atoms with E-state index in [0.717, 1.165) is 0 Å². The van der Waals surface area contributed by atoms with Crippen LogP contribution in [0.1, 0.15) is 33.4 Å². The molecule has 0 radical (unpaired) electrons. The second kappa shape index (κ2) is 10.8. The van der Waals surface area contributed by atoms with Crippen LogP contribution in [0.2, 0.25) is 0 Å².